The van der Waals surface area contributed by atoms with Crippen LogP contribution in [0.4, 0.5) is 5.95 Å². The molecule has 26 heavy (non-hydrogen) atoms. The first-order valence-electron chi connectivity index (χ1n) is 9.23. The molecule has 3 atom stereocenters. The fraction of sp³-hybridized carbons (Fsp3) is 0.500. The van der Waals surface area contributed by atoms with Crippen LogP contribution in [0.2, 0.25) is 0 Å². The highest BCUT2D eigenvalue weighted by molar-refractivity contribution is 5.81. The first-order valence-corrected chi connectivity index (χ1v) is 9.23. The number of carbonyl (C=O) groups excluding carboxylic acids is 1. The Labute approximate surface area is 151 Å². The Kier molecular flexibility index (Phi) is 4.60. The van der Waals surface area contributed by atoms with Gasteiger partial charge in [-0.05, 0) is 37.8 Å². The molecule has 2 fully saturated rings. The fourth-order valence-corrected chi connectivity index (χ4v) is 4.10. The predicted molar refractivity (Wildman–Crippen MR) is 99.2 cm³/mol. The molecule has 0 radical (unpaired) electrons. The van der Waals surface area contributed by atoms with Gasteiger partial charge in [0, 0.05) is 19.1 Å². The number of anilines is 1. The van der Waals surface area contributed by atoms with Gasteiger partial charge in [-0.25, -0.2) is 4.98 Å². The van der Waals surface area contributed by atoms with Gasteiger partial charge >= 0.3 is 0 Å². The van der Waals surface area contributed by atoms with E-state index in [0.717, 1.165) is 25.8 Å². The molecular formula is C18H24N6O2. The topological polar surface area (TPSA) is 100 Å². The third-order valence-electron chi connectivity index (χ3n) is 5.48. The van der Waals surface area contributed by atoms with Crippen LogP contribution in [0.25, 0.3) is 10.9 Å². The van der Waals surface area contributed by atoms with E-state index in [2.05, 4.69) is 26.7 Å². The molecule has 1 aromatic heterocycles. The lowest BCUT2D eigenvalue weighted by molar-refractivity contribution is -0.126. The molecule has 1 saturated heterocycles. The number of hydrogen-bond donors (Lipinski definition) is 4. The number of benzene rings is 1. The molecule has 1 amide bonds. The third kappa shape index (κ3) is 2.95. The maximum Gasteiger partial charge on any atom is 0.262 e. The average molecular weight is 356 g/mol. The molecular weight excluding hydrogens is 332 g/mol. The molecule has 0 spiro atoms. The van der Waals surface area contributed by atoms with Gasteiger partial charge in [0.15, 0.2) is 0 Å². The van der Waals surface area contributed by atoms with Gasteiger partial charge < -0.3 is 0 Å². The summed E-state index contributed by atoms with van der Waals surface area (Å²) in [6, 6.07) is 7.38. The minimum atomic E-state index is -0.116. The van der Waals surface area contributed by atoms with Gasteiger partial charge in [-0.15, -0.1) is 0 Å². The van der Waals surface area contributed by atoms with Crippen molar-refractivity contribution in [2.24, 2.45) is 11.8 Å². The monoisotopic (exact) mass is 356 g/mol. The SMILES string of the molecule is CCn1c(NNC(=O)C2CCCC3CNNC32)nc2ccccc2c1=O. The standard InChI is InChI=1S/C18H24N6O2/c1-2-24-17(26)12-7-3-4-9-14(12)20-18(24)23-22-16(25)13-8-5-6-11-10-19-21-15(11)13/h3-4,7,9,11,13,15,19,21H,2,5-6,8,10H2,1H3,(H,20,23)(H,22,25). The lowest BCUT2D eigenvalue weighted by atomic mass is 9.78. The number of nitrogens with one attached hydrogen (secondary N) is 4. The van der Waals surface area contributed by atoms with E-state index in [1.165, 1.54) is 4.57 Å². The number of para-hydroxylation sites is 1. The smallest absolute Gasteiger partial charge is 0.262 e. The van der Waals surface area contributed by atoms with E-state index in [9.17, 15) is 9.59 Å². The summed E-state index contributed by atoms with van der Waals surface area (Å²) in [5, 5.41) is 0.572. The minimum Gasteiger partial charge on any atom is -0.277 e. The Morgan fingerprint density at radius 2 is 2.19 bits per heavy atom. The molecule has 2 aliphatic rings. The van der Waals surface area contributed by atoms with Gasteiger partial charge in [-0.3, -0.25) is 35.9 Å². The Hall–Kier alpha value is -2.45. The van der Waals surface area contributed by atoms with E-state index in [-0.39, 0.29) is 23.4 Å². The average Bonchev–Trinajstić information content (AvgIpc) is 3.15. The molecule has 8 heteroatoms. The quantitative estimate of drug-likeness (QED) is 0.604. The molecule has 1 aliphatic heterocycles. The zero-order chi connectivity index (χ0) is 18.1. The van der Waals surface area contributed by atoms with E-state index in [1.807, 2.05) is 19.1 Å². The summed E-state index contributed by atoms with van der Waals surface area (Å²) < 4.78 is 1.53. The van der Waals surface area contributed by atoms with Crippen LogP contribution in [0.1, 0.15) is 26.2 Å². The summed E-state index contributed by atoms with van der Waals surface area (Å²) >= 11 is 0. The summed E-state index contributed by atoms with van der Waals surface area (Å²) in [7, 11) is 0. The van der Waals surface area contributed by atoms with Crippen LogP contribution in [-0.2, 0) is 11.3 Å². The summed E-state index contributed by atoms with van der Waals surface area (Å²) in [4.78, 5) is 29.8. The summed E-state index contributed by atoms with van der Waals surface area (Å²) in [5.74, 6) is 0.681. The third-order valence-corrected chi connectivity index (χ3v) is 5.48. The van der Waals surface area contributed by atoms with Gasteiger partial charge in [-0.2, -0.15) is 0 Å². The van der Waals surface area contributed by atoms with Crippen molar-refractivity contribution in [1.82, 2.24) is 25.8 Å². The maximum absolute atomic E-state index is 12.7. The molecule has 1 saturated carbocycles. The van der Waals surface area contributed by atoms with Crippen LogP contribution in [0.3, 0.4) is 0 Å². The highest BCUT2D eigenvalue weighted by Crippen LogP contribution is 2.31. The molecule has 2 heterocycles. The second-order valence-electron chi connectivity index (χ2n) is 6.96. The number of fused-ring (bicyclic) bond motifs is 2. The van der Waals surface area contributed by atoms with E-state index in [1.54, 1.807) is 12.1 Å². The minimum absolute atomic E-state index is 0.0686. The second kappa shape index (κ2) is 7.05. The first kappa shape index (κ1) is 17.0. The summed E-state index contributed by atoms with van der Waals surface area (Å²) in [5.41, 5.74) is 12.5. The second-order valence-corrected chi connectivity index (χ2v) is 6.96. The Morgan fingerprint density at radius 3 is 3.04 bits per heavy atom. The molecule has 0 bridgehead atoms. The van der Waals surface area contributed by atoms with E-state index < -0.39 is 0 Å². The van der Waals surface area contributed by atoms with Crippen LogP contribution >= 0.6 is 0 Å². The number of amides is 1. The van der Waals surface area contributed by atoms with Gasteiger partial charge in [0.2, 0.25) is 11.9 Å². The van der Waals surface area contributed by atoms with Crippen LogP contribution in [0.15, 0.2) is 29.1 Å². The number of carbonyl (C=O) groups is 1. The zero-order valence-corrected chi connectivity index (χ0v) is 14.8. The molecule has 2 aromatic rings. The highest BCUT2D eigenvalue weighted by Gasteiger charge is 2.40. The van der Waals surface area contributed by atoms with Gasteiger partial charge in [-0.1, -0.05) is 18.6 Å². The van der Waals surface area contributed by atoms with Crippen LogP contribution in [-0.4, -0.2) is 28.0 Å². The van der Waals surface area contributed by atoms with E-state index in [4.69, 9.17) is 0 Å². The number of hydrogen-bond acceptors (Lipinski definition) is 6. The van der Waals surface area contributed by atoms with Crippen molar-refractivity contribution in [2.75, 3.05) is 12.0 Å². The molecule has 1 aromatic carbocycles. The molecule has 3 unspecified atom stereocenters. The highest BCUT2D eigenvalue weighted by atomic mass is 16.2. The molecule has 138 valence electrons. The molecule has 4 N–H and O–H groups in total. The van der Waals surface area contributed by atoms with Crippen molar-refractivity contribution in [3.8, 4) is 0 Å². The zero-order valence-electron chi connectivity index (χ0n) is 14.8. The number of rotatable bonds is 4. The van der Waals surface area contributed by atoms with Crippen molar-refractivity contribution < 1.29 is 4.79 Å². The first-order chi connectivity index (χ1) is 12.7. The van der Waals surface area contributed by atoms with Crippen molar-refractivity contribution in [1.29, 1.82) is 0 Å². The number of hydrazine groups is 2. The maximum atomic E-state index is 12.7. The van der Waals surface area contributed by atoms with Crippen LogP contribution in [0.5, 0.6) is 0 Å². The van der Waals surface area contributed by atoms with Gasteiger partial charge in [0.1, 0.15) is 0 Å². The van der Waals surface area contributed by atoms with Gasteiger partial charge in [0.05, 0.1) is 16.8 Å². The van der Waals surface area contributed by atoms with Crippen LogP contribution < -0.4 is 27.3 Å². The molecule has 4 rings (SSSR count). The van der Waals surface area contributed by atoms with E-state index in [0.29, 0.717) is 29.3 Å². The lowest BCUT2D eigenvalue weighted by Crippen LogP contribution is -2.49. The predicted octanol–water partition coefficient (Wildman–Crippen LogP) is 0.752. The number of aromatic nitrogens is 2. The Balaban J connectivity index is 1.54. The largest absolute Gasteiger partial charge is 0.277 e. The summed E-state index contributed by atoms with van der Waals surface area (Å²) in [6.07, 6.45) is 3.05. The summed E-state index contributed by atoms with van der Waals surface area (Å²) in [6.45, 7) is 3.25. The number of nitrogens with zero attached hydrogens (tertiary/aromatic N) is 2. The molecule has 1 aliphatic carbocycles. The van der Waals surface area contributed by atoms with Crippen molar-refractivity contribution in [3.05, 3.63) is 34.6 Å². The lowest BCUT2D eigenvalue weighted by Gasteiger charge is -2.31. The van der Waals surface area contributed by atoms with Crippen molar-refractivity contribution in [3.63, 3.8) is 0 Å². The van der Waals surface area contributed by atoms with Crippen molar-refractivity contribution >= 4 is 22.8 Å². The van der Waals surface area contributed by atoms with Gasteiger partial charge in [0.25, 0.3) is 5.56 Å². The Morgan fingerprint density at radius 1 is 1.35 bits per heavy atom. The van der Waals surface area contributed by atoms with Crippen LogP contribution in [0, 0.1) is 11.8 Å². The Bertz CT molecular complexity index is 880. The molecule has 8 nitrogen and oxygen atoms in total. The van der Waals surface area contributed by atoms with E-state index >= 15 is 0 Å². The normalized spacial score (nSPS) is 25.0. The fourth-order valence-electron chi connectivity index (χ4n) is 4.10. The van der Waals surface area contributed by atoms with Crippen molar-refractivity contribution in [2.45, 2.75) is 38.8 Å².